The van der Waals surface area contributed by atoms with Gasteiger partial charge in [0.15, 0.2) is 11.3 Å². The Bertz CT molecular complexity index is 1610. The quantitative estimate of drug-likeness (QED) is 0.331. The smallest absolute Gasteiger partial charge is 0.382 e. The van der Waals surface area contributed by atoms with Crippen molar-refractivity contribution in [3.63, 3.8) is 0 Å². The summed E-state index contributed by atoms with van der Waals surface area (Å²) in [5.41, 5.74) is 1.80. The standard InChI is InChI=1S/C28H31F5N8O4/c1-44-13-18(40-12-19(28(31,32)33)36-25(40)43)15-8-20-35-17(11-41(20)34-10-15)21(14-2-4-27(29,30)5-3-14)37-24(42)23-22(38-45-39-23)16-9-26(16)6-7-26/h8,10-11,14,16,18-19,21H,2-7,9,12-13H2,1H3,(H,36,43)(H,37,42)/t16?,18-,19+,21+/m1/s1. The zero-order valence-electron chi connectivity index (χ0n) is 24.2. The van der Waals surface area contributed by atoms with Gasteiger partial charge >= 0.3 is 12.2 Å². The van der Waals surface area contributed by atoms with E-state index in [-0.39, 0.29) is 60.9 Å². The van der Waals surface area contributed by atoms with Crippen LogP contribution in [-0.2, 0) is 4.74 Å². The minimum atomic E-state index is -4.62. The SMILES string of the molecule is COC[C@H](c1cnn2cc([C@@H](NC(=O)c3nonc3C3CC34CC4)C3CCC(F)(F)CC3)nc2c1)N1C[C@@H](C(F)(F)F)NC1=O. The summed E-state index contributed by atoms with van der Waals surface area (Å²) < 4.78 is 79.8. The van der Waals surface area contributed by atoms with Crippen LogP contribution in [-0.4, -0.2) is 80.2 Å². The number of carbonyl (C=O) groups excluding carboxylic acids is 2. The van der Waals surface area contributed by atoms with E-state index in [9.17, 15) is 31.5 Å². The zero-order chi connectivity index (χ0) is 31.7. The molecule has 17 heteroatoms. The van der Waals surface area contributed by atoms with Crippen LogP contribution in [0.3, 0.4) is 0 Å². The fourth-order valence-electron chi connectivity index (χ4n) is 6.85. The highest BCUT2D eigenvalue weighted by Crippen LogP contribution is 2.75. The second-order valence-electron chi connectivity index (χ2n) is 12.7. The molecule has 1 aliphatic heterocycles. The van der Waals surface area contributed by atoms with Gasteiger partial charge in [-0.05, 0) is 54.7 Å². The molecule has 12 nitrogen and oxygen atoms in total. The Labute approximate surface area is 253 Å². The van der Waals surface area contributed by atoms with Gasteiger partial charge in [0.05, 0.1) is 43.3 Å². The minimum Gasteiger partial charge on any atom is -0.382 e. The van der Waals surface area contributed by atoms with Crippen LogP contribution < -0.4 is 10.6 Å². The Kier molecular flexibility index (Phi) is 7.01. The Morgan fingerprint density at radius 3 is 2.62 bits per heavy atom. The number of halogens is 5. The Morgan fingerprint density at radius 2 is 1.98 bits per heavy atom. The molecule has 3 amide bonds. The van der Waals surface area contributed by atoms with E-state index in [1.807, 2.05) is 5.32 Å². The number of fused-ring (bicyclic) bond motifs is 1. The van der Waals surface area contributed by atoms with E-state index in [4.69, 9.17) is 9.37 Å². The molecule has 0 bridgehead atoms. The summed E-state index contributed by atoms with van der Waals surface area (Å²) >= 11 is 0. The molecule has 2 N–H and O–H groups in total. The van der Waals surface area contributed by atoms with Gasteiger partial charge < -0.3 is 20.3 Å². The molecule has 3 saturated carbocycles. The van der Waals surface area contributed by atoms with Crippen LogP contribution in [0.5, 0.6) is 0 Å². The Hall–Kier alpha value is -3.89. The molecule has 4 fully saturated rings. The molecule has 3 aliphatic carbocycles. The van der Waals surface area contributed by atoms with Crippen LogP contribution in [0.2, 0.25) is 0 Å². The van der Waals surface area contributed by atoms with E-state index < -0.39 is 48.7 Å². The third-order valence-corrected chi connectivity index (χ3v) is 9.76. The van der Waals surface area contributed by atoms with Crippen LogP contribution in [0.25, 0.3) is 5.65 Å². The lowest BCUT2D eigenvalue weighted by atomic mass is 9.81. The maximum atomic E-state index is 14.1. The van der Waals surface area contributed by atoms with Crippen LogP contribution in [0.15, 0.2) is 23.1 Å². The van der Waals surface area contributed by atoms with Crippen molar-refractivity contribution >= 4 is 17.6 Å². The van der Waals surface area contributed by atoms with Gasteiger partial charge in [-0.2, -0.15) is 18.3 Å². The maximum Gasteiger partial charge on any atom is 0.410 e. The molecule has 45 heavy (non-hydrogen) atoms. The second kappa shape index (κ2) is 10.6. The number of nitrogens with zero attached hydrogens (tertiary/aromatic N) is 6. The predicted octanol–water partition coefficient (Wildman–Crippen LogP) is 4.32. The average Bonchev–Trinajstić information content (AvgIpc) is 3.66. The number of urea groups is 1. The van der Waals surface area contributed by atoms with Gasteiger partial charge in [0, 0.05) is 31.4 Å². The van der Waals surface area contributed by atoms with Crippen LogP contribution in [0.4, 0.5) is 26.7 Å². The first-order valence-corrected chi connectivity index (χ1v) is 14.9. The third-order valence-electron chi connectivity index (χ3n) is 9.76. The molecule has 4 atom stereocenters. The molecular formula is C28H31F5N8O4. The van der Waals surface area contributed by atoms with Crippen molar-refractivity contribution in [1.82, 2.24) is 40.4 Å². The molecule has 1 saturated heterocycles. The summed E-state index contributed by atoms with van der Waals surface area (Å²) in [5, 5.41) is 17.1. The molecule has 242 valence electrons. The molecule has 3 aromatic heterocycles. The van der Waals surface area contributed by atoms with Crippen molar-refractivity contribution in [3.8, 4) is 0 Å². The summed E-state index contributed by atoms with van der Waals surface area (Å²) in [6.45, 7) is -0.711. The number of nitrogens with one attached hydrogen (secondary N) is 2. The number of alkyl halides is 5. The van der Waals surface area contributed by atoms with E-state index in [0.29, 0.717) is 17.0 Å². The summed E-state index contributed by atoms with van der Waals surface area (Å²) in [5.74, 6) is -3.59. The lowest BCUT2D eigenvalue weighted by Gasteiger charge is -2.33. The van der Waals surface area contributed by atoms with Gasteiger partial charge in [-0.15, -0.1) is 0 Å². The zero-order valence-corrected chi connectivity index (χ0v) is 24.2. The number of methoxy groups -OCH3 is 1. The van der Waals surface area contributed by atoms with Crippen molar-refractivity contribution in [2.75, 3.05) is 20.3 Å². The van der Waals surface area contributed by atoms with Gasteiger partial charge in [-0.1, -0.05) is 5.16 Å². The highest BCUT2D eigenvalue weighted by molar-refractivity contribution is 5.93. The van der Waals surface area contributed by atoms with Gasteiger partial charge in [0.25, 0.3) is 5.91 Å². The summed E-state index contributed by atoms with van der Waals surface area (Å²) in [4.78, 5) is 31.8. The van der Waals surface area contributed by atoms with Crippen LogP contribution in [0.1, 0.15) is 90.4 Å². The molecule has 4 aliphatic rings. The number of hydrogen-bond donors (Lipinski definition) is 2. The van der Waals surface area contributed by atoms with Gasteiger partial charge in [0.1, 0.15) is 11.7 Å². The first-order valence-electron chi connectivity index (χ1n) is 14.9. The maximum absolute atomic E-state index is 14.1. The number of aromatic nitrogens is 5. The lowest BCUT2D eigenvalue weighted by Crippen LogP contribution is -2.40. The highest BCUT2D eigenvalue weighted by Gasteiger charge is 2.65. The van der Waals surface area contributed by atoms with Crippen LogP contribution >= 0.6 is 0 Å². The first-order chi connectivity index (χ1) is 21.4. The van der Waals surface area contributed by atoms with E-state index in [1.54, 1.807) is 12.3 Å². The molecule has 0 aromatic carbocycles. The number of ether oxygens (including phenoxy) is 1. The van der Waals surface area contributed by atoms with Crippen molar-refractivity contribution in [2.45, 2.75) is 81.1 Å². The van der Waals surface area contributed by atoms with E-state index in [2.05, 4.69) is 25.7 Å². The molecule has 1 unspecified atom stereocenters. The van der Waals surface area contributed by atoms with Crippen molar-refractivity contribution < 1.29 is 40.9 Å². The Morgan fingerprint density at radius 1 is 1.22 bits per heavy atom. The molecular weight excluding hydrogens is 607 g/mol. The number of amides is 3. The minimum absolute atomic E-state index is 0.0718. The van der Waals surface area contributed by atoms with Crippen molar-refractivity contribution in [1.29, 1.82) is 0 Å². The van der Waals surface area contributed by atoms with Gasteiger partial charge in [-0.25, -0.2) is 27.7 Å². The van der Waals surface area contributed by atoms with Gasteiger partial charge in [0.2, 0.25) is 5.92 Å². The molecule has 4 heterocycles. The lowest BCUT2D eigenvalue weighted by molar-refractivity contribution is -0.150. The van der Waals surface area contributed by atoms with E-state index >= 15 is 0 Å². The Balaban J connectivity index is 1.17. The van der Waals surface area contributed by atoms with Gasteiger partial charge in [-0.3, -0.25) is 4.79 Å². The van der Waals surface area contributed by atoms with E-state index in [0.717, 1.165) is 24.2 Å². The predicted molar refractivity (Wildman–Crippen MR) is 143 cm³/mol. The third kappa shape index (κ3) is 5.59. The number of imidazole rings is 1. The average molecular weight is 639 g/mol. The largest absolute Gasteiger partial charge is 0.410 e. The number of rotatable bonds is 9. The van der Waals surface area contributed by atoms with Crippen molar-refractivity contribution in [3.05, 3.63) is 41.1 Å². The van der Waals surface area contributed by atoms with Crippen LogP contribution in [0, 0.1) is 11.3 Å². The van der Waals surface area contributed by atoms with E-state index in [1.165, 1.54) is 17.8 Å². The molecule has 7 rings (SSSR count). The summed E-state index contributed by atoms with van der Waals surface area (Å²) in [6, 6.07) is -3.01. The number of hydrogen-bond acceptors (Lipinski definition) is 8. The number of carbonyl (C=O) groups is 2. The highest BCUT2D eigenvalue weighted by atomic mass is 19.4. The first kappa shape index (κ1) is 29.8. The summed E-state index contributed by atoms with van der Waals surface area (Å²) in [6.07, 6.45) is 1.02. The summed E-state index contributed by atoms with van der Waals surface area (Å²) in [7, 11) is 1.37. The second-order valence-corrected chi connectivity index (χ2v) is 12.7. The molecule has 1 spiro atoms. The monoisotopic (exact) mass is 638 g/mol. The topological polar surface area (TPSA) is 140 Å². The van der Waals surface area contributed by atoms with Crippen molar-refractivity contribution in [2.24, 2.45) is 11.3 Å². The molecule has 3 aromatic rings. The molecule has 0 radical (unpaired) electrons. The fraction of sp³-hybridized carbons (Fsp3) is 0.643. The fourth-order valence-corrected chi connectivity index (χ4v) is 6.85. The normalized spacial score (nSPS) is 25.4.